The van der Waals surface area contributed by atoms with Crippen molar-refractivity contribution in [3.8, 4) is 0 Å². The van der Waals surface area contributed by atoms with E-state index in [1.54, 1.807) is 30.3 Å². The maximum atomic E-state index is 12.1. The van der Waals surface area contributed by atoms with E-state index in [0.29, 0.717) is 17.0 Å². The molecule has 8 heteroatoms. The van der Waals surface area contributed by atoms with E-state index in [1.807, 2.05) is 18.2 Å². The summed E-state index contributed by atoms with van der Waals surface area (Å²) in [5.41, 5.74) is -0.0461. The molecule has 0 aliphatic rings. The zero-order valence-corrected chi connectivity index (χ0v) is 16.0. The summed E-state index contributed by atoms with van der Waals surface area (Å²) < 4.78 is 5.63. The molecule has 0 saturated carbocycles. The van der Waals surface area contributed by atoms with Gasteiger partial charge in [0, 0.05) is 23.7 Å². The van der Waals surface area contributed by atoms with Gasteiger partial charge in [-0.05, 0) is 37.3 Å². The molecule has 3 amide bonds. The Morgan fingerprint density at radius 2 is 1.66 bits per heavy atom. The standard InChI is InChI=1S/C21H21N3O5/c1-13(25)23-15-7-5-8-16(11-15)24-20(27)19(26)22-12-21(2,28)18-10-14-6-3-4-9-17(14)29-18/h3-11,28H,12H2,1-2H3,(H,22,26)(H,23,25)(H,24,27). The molecule has 0 aliphatic carbocycles. The van der Waals surface area contributed by atoms with Gasteiger partial charge in [-0.1, -0.05) is 24.3 Å². The van der Waals surface area contributed by atoms with Gasteiger partial charge in [-0.25, -0.2) is 0 Å². The molecule has 29 heavy (non-hydrogen) atoms. The highest BCUT2D eigenvalue weighted by atomic mass is 16.4. The van der Waals surface area contributed by atoms with Crippen molar-refractivity contribution in [1.29, 1.82) is 0 Å². The normalized spacial score (nSPS) is 12.8. The second-order valence-corrected chi connectivity index (χ2v) is 6.82. The molecule has 1 atom stereocenters. The number of amides is 3. The average Bonchev–Trinajstić information content (AvgIpc) is 3.11. The number of anilines is 2. The highest BCUT2D eigenvalue weighted by Crippen LogP contribution is 2.27. The first kappa shape index (κ1) is 20.1. The lowest BCUT2D eigenvalue weighted by molar-refractivity contribution is -0.136. The minimum absolute atomic E-state index is 0.217. The maximum Gasteiger partial charge on any atom is 0.313 e. The minimum Gasteiger partial charge on any atom is -0.458 e. The van der Waals surface area contributed by atoms with Crippen molar-refractivity contribution in [2.75, 3.05) is 17.2 Å². The van der Waals surface area contributed by atoms with E-state index in [1.165, 1.54) is 19.9 Å². The third kappa shape index (κ3) is 4.99. The van der Waals surface area contributed by atoms with Crippen LogP contribution in [0.2, 0.25) is 0 Å². The lowest BCUT2D eigenvalue weighted by Crippen LogP contribution is -2.43. The van der Waals surface area contributed by atoms with Gasteiger partial charge >= 0.3 is 11.8 Å². The Hall–Kier alpha value is -3.65. The largest absolute Gasteiger partial charge is 0.458 e. The number of carbonyl (C=O) groups excluding carboxylic acids is 3. The summed E-state index contributed by atoms with van der Waals surface area (Å²) in [5, 5.41) is 18.9. The Kier molecular flexibility index (Phi) is 5.65. The Morgan fingerprint density at radius 1 is 0.966 bits per heavy atom. The lowest BCUT2D eigenvalue weighted by atomic mass is 10.0. The predicted molar refractivity (Wildman–Crippen MR) is 108 cm³/mol. The first-order valence-corrected chi connectivity index (χ1v) is 8.93. The molecule has 3 aromatic rings. The van der Waals surface area contributed by atoms with Gasteiger partial charge in [-0.15, -0.1) is 0 Å². The fourth-order valence-electron chi connectivity index (χ4n) is 2.73. The van der Waals surface area contributed by atoms with Crippen LogP contribution in [0.1, 0.15) is 19.6 Å². The van der Waals surface area contributed by atoms with Crippen molar-refractivity contribution in [2.45, 2.75) is 19.4 Å². The number of fused-ring (bicyclic) bond motifs is 1. The van der Waals surface area contributed by atoms with Gasteiger partial charge in [0.2, 0.25) is 5.91 Å². The molecule has 3 rings (SSSR count). The van der Waals surface area contributed by atoms with Crippen molar-refractivity contribution in [1.82, 2.24) is 5.32 Å². The maximum absolute atomic E-state index is 12.1. The first-order chi connectivity index (χ1) is 13.7. The highest BCUT2D eigenvalue weighted by molar-refractivity contribution is 6.39. The number of hydrogen-bond donors (Lipinski definition) is 4. The molecule has 1 unspecified atom stereocenters. The predicted octanol–water partition coefficient (Wildman–Crippen LogP) is 2.35. The van der Waals surface area contributed by atoms with Crippen LogP contribution in [0, 0.1) is 0 Å². The molecule has 0 saturated heterocycles. The fourth-order valence-corrected chi connectivity index (χ4v) is 2.73. The third-order valence-electron chi connectivity index (χ3n) is 4.20. The molecule has 2 aromatic carbocycles. The van der Waals surface area contributed by atoms with E-state index in [4.69, 9.17) is 4.42 Å². The van der Waals surface area contributed by atoms with Crippen molar-refractivity contribution in [3.05, 3.63) is 60.4 Å². The number of para-hydroxylation sites is 1. The van der Waals surface area contributed by atoms with Gasteiger partial charge < -0.3 is 25.5 Å². The fraction of sp³-hybridized carbons (Fsp3) is 0.190. The van der Waals surface area contributed by atoms with Crippen molar-refractivity contribution in [3.63, 3.8) is 0 Å². The number of furan rings is 1. The van der Waals surface area contributed by atoms with Crippen molar-refractivity contribution in [2.24, 2.45) is 0 Å². The zero-order valence-electron chi connectivity index (χ0n) is 16.0. The molecule has 150 valence electrons. The summed E-state index contributed by atoms with van der Waals surface area (Å²) in [5.74, 6) is -1.78. The second kappa shape index (κ2) is 8.15. The third-order valence-corrected chi connectivity index (χ3v) is 4.20. The molecular weight excluding hydrogens is 374 g/mol. The summed E-state index contributed by atoms with van der Waals surface area (Å²) >= 11 is 0. The summed E-state index contributed by atoms with van der Waals surface area (Å²) in [6.07, 6.45) is 0. The molecule has 0 fully saturated rings. The van der Waals surface area contributed by atoms with E-state index in [0.717, 1.165) is 5.39 Å². The summed E-state index contributed by atoms with van der Waals surface area (Å²) in [7, 11) is 0. The zero-order chi connectivity index (χ0) is 21.0. The molecule has 8 nitrogen and oxygen atoms in total. The average molecular weight is 395 g/mol. The summed E-state index contributed by atoms with van der Waals surface area (Å²) in [6, 6.07) is 15.4. The van der Waals surface area contributed by atoms with Crippen LogP contribution in [0.5, 0.6) is 0 Å². The van der Waals surface area contributed by atoms with Gasteiger partial charge in [0.1, 0.15) is 16.9 Å². The summed E-state index contributed by atoms with van der Waals surface area (Å²) in [4.78, 5) is 35.4. The minimum atomic E-state index is -1.50. The van der Waals surface area contributed by atoms with Crippen LogP contribution in [0.25, 0.3) is 11.0 Å². The molecule has 4 N–H and O–H groups in total. The molecule has 0 bridgehead atoms. The Balaban J connectivity index is 1.60. The Bertz CT molecular complexity index is 1040. The topological polar surface area (TPSA) is 121 Å². The van der Waals surface area contributed by atoms with Crippen LogP contribution in [0.15, 0.2) is 59.0 Å². The molecule has 0 radical (unpaired) electrons. The SMILES string of the molecule is CC(=O)Nc1cccc(NC(=O)C(=O)NCC(C)(O)c2cc3ccccc3o2)c1. The Morgan fingerprint density at radius 3 is 2.34 bits per heavy atom. The molecular formula is C21H21N3O5. The quantitative estimate of drug-likeness (QED) is 0.494. The van der Waals surface area contributed by atoms with E-state index < -0.39 is 17.4 Å². The van der Waals surface area contributed by atoms with Crippen molar-refractivity contribution >= 4 is 40.1 Å². The molecule has 0 spiro atoms. The van der Waals surface area contributed by atoms with Crippen molar-refractivity contribution < 1.29 is 23.9 Å². The van der Waals surface area contributed by atoms with Gasteiger partial charge in [0.15, 0.2) is 0 Å². The highest BCUT2D eigenvalue weighted by Gasteiger charge is 2.29. The van der Waals surface area contributed by atoms with Crippen LogP contribution in [-0.4, -0.2) is 29.4 Å². The molecule has 1 heterocycles. The monoisotopic (exact) mass is 395 g/mol. The van der Waals surface area contributed by atoms with Gasteiger partial charge in [-0.2, -0.15) is 0 Å². The Labute approximate surface area is 166 Å². The van der Waals surface area contributed by atoms with Crippen LogP contribution in [0.4, 0.5) is 11.4 Å². The van der Waals surface area contributed by atoms with Crippen LogP contribution >= 0.6 is 0 Å². The second-order valence-electron chi connectivity index (χ2n) is 6.82. The first-order valence-electron chi connectivity index (χ1n) is 8.93. The lowest BCUT2D eigenvalue weighted by Gasteiger charge is -2.21. The van der Waals surface area contributed by atoms with Crippen LogP contribution < -0.4 is 16.0 Å². The molecule has 1 aromatic heterocycles. The smallest absolute Gasteiger partial charge is 0.313 e. The number of rotatable bonds is 5. The number of carbonyl (C=O) groups is 3. The number of aliphatic hydroxyl groups is 1. The van der Waals surface area contributed by atoms with Crippen LogP contribution in [0.3, 0.4) is 0 Å². The number of benzene rings is 2. The van der Waals surface area contributed by atoms with Crippen LogP contribution in [-0.2, 0) is 20.0 Å². The van der Waals surface area contributed by atoms with Gasteiger partial charge in [0.05, 0.1) is 6.54 Å². The molecule has 0 aliphatic heterocycles. The number of hydrogen-bond acceptors (Lipinski definition) is 5. The van der Waals surface area contributed by atoms with Gasteiger partial charge in [-0.3, -0.25) is 14.4 Å². The van der Waals surface area contributed by atoms with E-state index in [2.05, 4.69) is 16.0 Å². The van der Waals surface area contributed by atoms with E-state index >= 15 is 0 Å². The van der Waals surface area contributed by atoms with E-state index in [-0.39, 0.29) is 18.2 Å². The van der Waals surface area contributed by atoms with Gasteiger partial charge in [0.25, 0.3) is 0 Å². The summed E-state index contributed by atoms with van der Waals surface area (Å²) in [6.45, 7) is 2.64. The van der Waals surface area contributed by atoms with E-state index in [9.17, 15) is 19.5 Å². The number of nitrogens with one attached hydrogen (secondary N) is 3.